The minimum Gasteiger partial charge on any atom is -0.455 e. The second-order valence-corrected chi connectivity index (χ2v) is 13.4. The standard InChI is InChI=1S/C44H25NO3S/c46-41-32-22-20-29(45(27-11-3-1-4-12-27)28-13-5-2-6-14-28)24-36(32)42(47)31-21-19-26(23-35(31)41)34-25-37-30-15-7-9-17-38(30)48-43(37)40-33-16-8-10-18-39(33)49-44(34)40/h1-25H. The summed E-state index contributed by atoms with van der Waals surface area (Å²) in [7, 11) is 0. The predicted octanol–water partition coefficient (Wildman–Crippen LogP) is 11.9. The summed E-state index contributed by atoms with van der Waals surface area (Å²) >= 11 is 1.72. The van der Waals surface area contributed by atoms with Gasteiger partial charge in [-0.3, -0.25) is 9.59 Å². The van der Waals surface area contributed by atoms with Gasteiger partial charge >= 0.3 is 0 Å². The molecular weight excluding hydrogens is 623 g/mol. The molecule has 0 saturated carbocycles. The van der Waals surface area contributed by atoms with Crippen molar-refractivity contribution in [3.63, 3.8) is 0 Å². The Labute approximate surface area is 285 Å². The van der Waals surface area contributed by atoms with E-state index >= 15 is 0 Å². The topological polar surface area (TPSA) is 50.5 Å². The number of nitrogens with zero attached hydrogens (tertiary/aromatic N) is 1. The molecule has 0 amide bonds. The van der Waals surface area contributed by atoms with Crippen LogP contribution in [0.25, 0.3) is 53.2 Å². The molecule has 0 atom stereocenters. The fourth-order valence-electron chi connectivity index (χ4n) is 7.33. The Kier molecular flexibility index (Phi) is 6.01. The molecule has 4 nitrogen and oxygen atoms in total. The number of thiophene rings is 1. The number of anilines is 3. The van der Waals surface area contributed by atoms with Crippen LogP contribution in [0.1, 0.15) is 31.8 Å². The number of carbonyl (C=O) groups is 2. The van der Waals surface area contributed by atoms with Crippen molar-refractivity contribution in [3.05, 3.63) is 174 Å². The third-order valence-corrected chi connectivity index (χ3v) is 10.8. The Morgan fingerprint density at radius 3 is 1.82 bits per heavy atom. The number of para-hydroxylation sites is 3. The zero-order valence-corrected chi connectivity index (χ0v) is 26.8. The number of fused-ring (bicyclic) bond motifs is 9. The molecule has 1 aliphatic carbocycles. The molecule has 0 unspecified atom stereocenters. The Hall–Kier alpha value is -6.30. The number of hydrogen-bond donors (Lipinski definition) is 0. The van der Waals surface area contributed by atoms with Gasteiger partial charge in [0.1, 0.15) is 11.2 Å². The van der Waals surface area contributed by atoms with Crippen LogP contribution in [0.2, 0.25) is 0 Å². The monoisotopic (exact) mass is 647 g/mol. The van der Waals surface area contributed by atoms with E-state index in [4.69, 9.17) is 4.42 Å². The summed E-state index contributed by atoms with van der Waals surface area (Å²) in [6.07, 6.45) is 0. The van der Waals surface area contributed by atoms with Gasteiger partial charge in [0.15, 0.2) is 11.6 Å². The maximum absolute atomic E-state index is 14.2. The second kappa shape index (κ2) is 10.6. The van der Waals surface area contributed by atoms with E-state index in [2.05, 4.69) is 41.3 Å². The first-order chi connectivity index (χ1) is 24.1. The van der Waals surface area contributed by atoms with Crippen LogP contribution in [0.5, 0.6) is 0 Å². The van der Waals surface area contributed by atoms with Crippen molar-refractivity contribution in [1.29, 1.82) is 0 Å². The van der Waals surface area contributed by atoms with Gasteiger partial charge in [-0.1, -0.05) is 78.9 Å². The van der Waals surface area contributed by atoms with Gasteiger partial charge in [0.25, 0.3) is 0 Å². The number of hydrogen-bond acceptors (Lipinski definition) is 5. The van der Waals surface area contributed by atoms with Crippen LogP contribution in [-0.2, 0) is 0 Å². The van der Waals surface area contributed by atoms with Gasteiger partial charge in [0.05, 0.1) is 0 Å². The molecule has 2 aromatic heterocycles. The molecule has 230 valence electrons. The molecule has 0 bridgehead atoms. The van der Waals surface area contributed by atoms with Crippen molar-refractivity contribution in [2.45, 2.75) is 0 Å². The Balaban J connectivity index is 1.13. The van der Waals surface area contributed by atoms with Crippen LogP contribution >= 0.6 is 11.3 Å². The summed E-state index contributed by atoms with van der Waals surface area (Å²) in [5.74, 6) is -0.297. The lowest BCUT2D eigenvalue weighted by Gasteiger charge is -2.27. The zero-order valence-electron chi connectivity index (χ0n) is 26.0. The van der Waals surface area contributed by atoms with E-state index in [0.29, 0.717) is 22.3 Å². The van der Waals surface area contributed by atoms with E-state index in [-0.39, 0.29) is 11.6 Å². The number of ketones is 2. The smallest absolute Gasteiger partial charge is 0.194 e. The minimum absolute atomic E-state index is 0.147. The van der Waals surface area contributed by atoms with Crippen molar-refractivity contribution >= 4 is 82.1 Å². The van der Waals surface area contributed by atoms with E-state index in [1.54, 1.807) is 17.4 Å². The highest BCUT2D eigenvalue weighted by molar-refractivity contribution is 7.26. The molecule has 7 aromatic carbocycles. The van der Waals surface area contributed by atoms with Crippen molar-refractivity contribution in [3.8, 4) is 11.1 Å². The number of carbonyl (C=O) groups excluding carboxylic acids is 2. The molecule has 10 rings (SSSR count). The molecule has 0 N–H and O–H groups in total. The van der Waals surface area contributed by atoms with Gasteiger partial charge in [-0.05, 0) is 78.4 Å². The van der Waals surface area contributed by atoms with Gasteiger partial charge in [0, 0.05) is 75.8 Å². The molecule has 0 radical (unpaired) electrons. The Morgan fingerprint density at radius 1 is 0.469 bits per heavy atom. The van der Waals surface area contributed by atoms with Crippen LogP contribution in [0.4, 0.5) is 17.1 Å². The normalized spacial score (nSPS) is 12.6. The highest BCUT2D eigenvalue weighted by Crippen LogP contribution is 2.47. The van der Waals surface area contributed by atoms with Crippen LogP contribution < -0.4 is 4.90 Å². The van der Waals surface area contributed by atoms with Gasteiger partial charge in [-0.15, -0.1) is 11.3 Å². The van der Waals surface area contributed by atoms with E-state index < -0.39 is 0 Å². The molecule has 0 aliphatic heterocycles. The fraction of sp³-hybridized carbons (Fsp3) is 0. The van der Waals surface area contributed by atoms with Crippen LogP contribution in [-0.4, -0.2) is 11.6 Å². The summed E-state index contributed by atoms with van der Waals surface area (Å²) in [6, 6.07) is 50.0. The minimum atomic E-state index is -0.151. The zero-order chi connectivity index (χ0) is 32.6. The Bertz CT molecular complexity index is 2770. The maximum atomic E-state index is 14.2. The maximum Gasteiger partial charge on any atom is 0.194 e. The predicted molar refractivity (Wildman–Crippen MR) is 200 cm³/mol. The van der Waals surface area contributed by atoms with Crippen molar-refractivity contribution in [1.82, 2.24) is 0 Å². The molecule has 2 heterocycles. The summed E-state index contributed by atoms with van der Waals surface area (Å²) < 4.78 is 8.73. The molecule has 0 saturated heterocycles. The van der Waals surface area contributed by atoms with Crippen molar-refractivity contribution in [2.24, 2.45) is 0 Å². The highest BCUT2D eigenvalue weighted by Gasteiger charge is 2.31. The lowest BCUT2D eigenvalue weighted by atomic mass is 9.82. The van der Waals surface area contributed by atoms with Crippen molar-refractivity contribution in [2.75, 3.05) is 4.90 Å². The average Bonchev–Trinajstić information content (AvgIpc) is 3.73. The second-order valence-electron chi connectivity index (χ2n) is 12.4. The van der Waals surface area contributed by atoms with E-state index in [0.717, 1.165) is 65.6 Å². The SMILES string of the molecule is O=C1c2ccc(N(c3ccccc3)c3ccccc3)cc2C(=O)c2ccc(-c3cc4c5ccccc5oc4c4c3sc3ccccc34)cc21. The van der Waals surface area contributed by atoms with Crippen LogP contribution in [0.3, 0.4) is 0 Å². The molecular formula is C44H25NO3S. The molecule has 0 spiro atoms. The first kappa shape index (κ1) is 27.8. The average molecular weight is 648 g/mol. The molecule has 5 heteroatoms. The summed E-state index contributed by atoms with van der Waals surface area (Å²) in [6.45, 7) is 0. The van der Waals surface area contributed by atoms with Crippen molar-refractivity contribution < 1.29 is 14.0 Å². The third-order valence-electron chi connectivity index (χ3n) is 9.59. The van der Waals surface area contributed by atoms with E-state index in [1.807, 2.05) is 109 Å². The van der Waals surface area contributed by atoms with Gasteiger partial charge in [-0.25, -0.2) is 0 Å². The largest absolute Gasteiger partial charge is 0.455 e. The summed E-state index contributed by atoms with van der Waals surface area (Å²) in [5, 5.41) is 4.29. The van der Waals surface area contributed by atoms with Gasteiger partial charge in [-0.2, -0.15) is 0 Å². The van der Waals surface area contributed by atoms with Crippen LogP contribution in [0, 0.1) is 0 Å². The van der Waals surface area contributed by atoms with Gasteiger partial charge in [0.2, 0.25) is 0 Å². The number of furan rings is 1. The van der Waals surface area contributed by atoms with Gasteiger partial charge < -0.3 is 9.32 Å². The summed E-state index contributed by atoms with van der Waals surface area (Å²) in [5.41, 5.74) is 8.03. The van der Waals surface area contributed by atoms with E-state index in [1.165, 1.54) is 4.70 Å². The number of benzene rings is 7. The van der Waals surface area contributed by atoms with Crippen LogP contribution in [0.15, 0.2) is 156 Å². The lowest BCUT2D eigenvalue weighted by molar-refractivity contribution is 0.0979. The first-order valence-corrected chi connectivity index (χ1v) is 17.0. The first-order valence-electron chi connectivity index (χ1n) is 16.2. The molecule has 0 fully saturated rings. The molecule has 1 aliphatic rings. The third kappa shape index (κ3) is 4.16. The summed E-state index contributed by atoms with van der Waals surface area (Å²) in [4.78, 5) is 30.5. The quantitative estimate of drug-likeness (QED) is 0.191. The highest BCUT2D eigenvalue weighted by atomic mass is 32.1. The lowest BCUT2D eigenvalue weighted by Crippen LogP contribution is -2.22. The van der Waals surface area contributed by atoms with E-state index in [9.17, 15) is 9.59 Å². The fourth-order valence-corrected chi connectivity index (χ4v) is 8.56. The number of rotatable bonds is 4. The molecule has 9 aromatic rings. The molecule has 49 heavy (non-hydrogen) atoms. The Morgan fingerprint density at radius 2 is 1.08 bits per heavy atom.